The molecule has 7 heteroatoms. The number of carbonyl (C=O) groups excluding carboxylic acids is 1. The van der Waals surface area contributed by atoms with E-state index in [1.54, 1.807) is 24.1 Å². The summed E-state index contributed by atoms with van der Waals surface area (Å²) in [6.45, 7) is 4.56. The molecule has 2 amide bonds. The van der Waals surface area contributed by atoms with E-state index in [4.69, 9.17) is 27.9 Å². The predicted molar refractivity (Wildman–Crippen MR) is 107 cm³/mol. The third kappa shape index (κ3) is 4.17. The van der Waals surface area contributed by atoms with E-state index in [-0.39, 0.29) is 6.03 Å². The molecule has 2 aromatic rings. The van der Waals surface area contributed by atoms with E-state index < -0.39 is 0 Å². The minimum Gasteiger partial charge on any atom is -0.495 e. The maximum atomic E-state index is 12.6. The number of ether oxygens (including phenoxy) is 1. The maximum absolute atomic E-state index is 12.6. The van der Waals surface area contributed by atoms with Crippen molar-refractivity contribution in [2.45, 2.75) is 6.92 Å². The highest BCUT2D eigenvalue weighted by atomic mass is 35.5. The summed E-state index contributed by atoms with van der Waals surface area (Å²) in [7, 11) is 1.59. The van der Waals surface area contributed by atoms with Crippen LogP contribution >= 0.6 is 23.2 Å². The minimum atomic E-state index is -0.134. The van der Waals surface area contributed by atoms with Gasteiger partial charge in [0, 0.05) is 31.2 Å². The van der Waals surface area contributed by atoms with Crippen molar-refractivity contribution in [3.8, 4) is 5.75 Å². The lowest BCUT2D eigenvalue weighted by molar-refractivity contribution is 0.208. The fraction of sp³-hybridized carbons (Fsp3) is 0.316. The average molecular weight is 394 g/mol. The van der Waals surface area contributed by atoms with Crippen LogP contribution in [0.1, 0.15) is 5.56 Å². The zero-order valence-electron chi connectivity index (χ0n) is 14.8. The summed E-state index contributed by atoms with van der Waals surface area (Å²) in [4.78, 5) is 16.5. The van der Waals surface area contributed by atoms with Crippen LogP contribution in [-0.2, 0) is 0 Å². The fourth-order valence-corrected chi connectivity index (χ4v) is 3.40. The number of methoxy groups -OCH3 is 1. The van der Waals surface area contributed by atoms with Crippen molar-refractivity contribution in [2.24, 2.45) is 0 Å². The van der Waals surface area contributed by atoms with Crippen molar-refractivity contribution < 1.29 is 9.53 Å². The summed E-state index contributed by atoms with van der Waals surface area (Å²) in [5, 5.41) is 4.26. The second kappa shape index (κ2) is 8.06. The first-order valence-corrected chi connectivity index (χ1v) is 9.14. The molecule has 26 heavy (non-hydrogen) atoms. The SMILES string of the molecule is COc1ccc(C)cc1NC(=O)N1CCN(c2cc(Cl)ccc2Cl)CC1. The molecule has 0 radical (unpaired) electrons. The van der Waals surface area contributed by atoms with Gasteiger partial charge in [-0.05, 0) is 42.8 Å². The lowest BCUT2D eigenvalue weighted by atomic mass is 10.2. The fourth-order valence-electron chi connectivity index (χ4n) is 2.99. The predicted octanol–water partition coefficient (Wildman–Crippen LogP) is 4.66. The number of nitrogens with one attached hydrogen (secondary N) is 1. The number of hydrogen-bond acceptors (Lipinski definition) is 3. The van der Waals surface area contributed by atoms with Crippen LogP contribution in [-0.4, -0.2) is 44.2 Å². The molecule has 0 aliphatic carbocycles. The van der Waals surface area contributed by atoms with Gasteiger partial charge in [-0.2, -0.15) is 0 Å². The number of carbonyl (C=O) groups is 1. The number of rotatable bonds is 3. The van der Waals surface area contributed by atoms with Crippen molar-refractivity contribution in [3.05, 3.63) is 52.0 Å². The first-order valence-electron chi connectivity index (χ1n) is 8.38. The Labute approximate surface area is 163 Å². The van der Waals surface area contributed by atoms with E-state index >= 15 is 0 Å². The van der Waals surface area contributed by atoms with E-state index in [9.17, 15) is 4.79 Å². The molecule has 3 rings (SSSR count). The molecule has 1 fully saturated rings. The van der Waals surface area contributed by atoms with Crippen molar-refractivity contribution in [3.63, 3.8) is 0 Å². The van der Waals surface area contributed by atoms with Gasteiger partial charge in [-0.3, -0.25) is 0 Å². The van der Waals surface area contributed by atoms with Crippen LogP contribution in [0.15, 0.2) is 36.4 Å². The van der Waals surface area contributed by atoms with Crippen molar-refractivity contribution in [1.29, 1.82) is 0 Å². The molecule has 0 aromatic heterocycles. The first-order chi connectivity index (χ1) is 12.5. The summed E-state index contributed by atoms with van der Waals surface area (Å²) in [5.74, 6) is 0.647. The van der Waals surface area contributed by atoms with Crippen LogP contribution in [0.25, 0.3) is 0 Å². The molecular weight excluding hydrogens is 373 g/mol. The standard InChI is InChI=1S/C19H21Cl2N3O2/c1-13-3-6-18(26-2)16(11-13)22-19(25)24-9-7-23(8-10-24)17-12-14(20)4-5-15(17)21/h3-6,11-12H,7-10H2,1-2H3,(H,22,25). The summed E-state index contributed by atoms with van der Waals surface area (Å²) >= 11 is 12.4. The van der Waals surface area contributed by atoms with Gasteiger partial charge in [-0.15, -0.1) is 0 Å². The summed E-state index contributed by atoms with van der Waals surface area (Å²) in [5.41, 5.74) is 2.64. The molecule has 0 saturated carbocycles. The summed E-state index contributed by atoms with van der Waals surface area (Å²) in [6, 6.07) is 11.0. The third-order valence-corrected chi connectivity index (χ3v) is 4.97. The molecule has 5 nitrogen and oxygen atoms in total. The second-order valence-corrected chi connectivity index (χ2v) is 7.05. The number of halogens is 2. The number of benzene rings is 2. The van der Waals surface area contributed by atoms with Gasteiger partial charge in [0.15, 0.2) is 0 Å². The van der Waals surface area contributed by atoms with Gasteiger partial charge in [0.25, 0.3) is 0 Å². The summed E-state index contributed by atoms with van der Waals surface area (Å²) < 4.78 is 5.32. The van der Waals surface area contributed by atoms with Gasteiger partial charge in [0.2, 0.25) is 0 Å². The molecule has 1 aliphatic rings. The number of amides is 2. The Hall–Kier alpha value is -2.11. The maximum Gasteiger partial charge on any atom is 0.322 e. The molecule has 0 atom stereocenters. The largest absolute Gasteiger partial charge is 0.495 e. The third-order valence-electron chi connectivity index (χ3n) is 4.41. The highest BCUT2D eigenvalue weighted by Gasteiger charge is 2.23. The quantitative estimate of drug-likeness (QED) is 0.823. The molecule has 1 aliphatic heterocycles. The Morgan fingerprint density at radius 1 is 1.08 bits per heavy atom. The van der Waals surface area contributed by atoms with Crippen LogP contribution in [0, 0.1) is 6.92 Å². The van der Waals surface area contributed by atoms with E-state index in [1.165, 1.54) is 0 Å². The van der Waals surface area contributed by atoms with Crippen molar-refractivity contribution >= 4 is 40.6 Å². The van der Waals surface area contributed by atoms with Crippen LogP contribution < -0.4 is 15.0 Å². The van der Waals surface area contributed by atoms with Crippen LogP contribution in [0.5, 0.6) is 5.75 Å². The smallest absolute Gasteiger partial charge is 0.322 e. The van der Waals surface area contributed by atoms with Crippen LogP contribution in [0.2, 0.25) is 10.0 Å². The lowest BCUT2D eigenvalue weighted by Gasteiger charge is -2.36. The first kappa shape index (κ1) is 18.7. The van der Waals surface area contributed by atoms with E-state index in [1.807, 2.05) is 31.2 Å². The van der Waals surface area contributed by atoms with Gasteiger partial charge < -0.3 is 19.9 Å². The highest BCUT2D eigenvalue weighted by molar-refractivity contribution is 6.35. The molecule has 1 saturated heterocycles. The van der Waals surface area contributed by atoms with Gasteiger partial charge in [-0.25, -0.2) is 4.79 Å². The van der Waals surface area contributed by atoms with Gasteiger partial charge in [-0.1, -0.05) is 29.3 Å². The summed E-state index contributed by atoms with van der Waals surface area (Å²) in [6.07, 6.45) is 0. The number of aryl methyl sites for hydroxylation is 1. The highest BCUT2D eigenvalue weighted by Crippen LogP contribution is 2.30. The Morgan fingerprint density at radius 2 is 1.81 bits per heavy atom. The number of hydrogen-bond donors (Lipinski definition) is 1. The molecular formula is C19H21Cl2N3O2. The molecule has 138 valence electrons. The molecule has 2 aromatic carbocycles. The number of nitrogens with zero attached hydrogens (tertiary/aromatic N) is 2. The molecule has 0 unspecified atom stereocenters. The van der Waals surface area contributed by atoms with Gasteiger partial charge >= 0.3 is 6.03 Å². The topological polar surface area (TPSA) is 44.8 Å². The minimum absolute atomic E-state index is 0.134. The van der Waals surface area contributed by atoms with Gasteiger partial charge in [0.1, 0.15) is 5.75 Å². The zero-order chi connectivity index (χ0) is 18.7. The zero-order valence-corrected chi connectivity index (χ0v) is 16.3. The lowest BCUT2D eigenvalue weighted by Crippen LogP contribution is -2.50. The number of anilines is 2. The van der Waals surface area contributed by atoms with E-state index in [0.717, 1.165) is 11.3 Å². The van der Waals surface area contributed by atoms with Crippen molar-refractivity contribution in [2.75, 3.05) is 43.5 Å². The molecule has 0 spiro atoms. The molecule has 1 heterocycles. The Morgan fingerprint density at radius 3 is 2.50 bits per heavy atom. The Kier molecular flexibility index (Phi) is 5.79. The van der Waals surface area contributed by atoms with E-state index in [2.05, 4.69) is 10.2 Å². The van der Waals surface area contributed by atoms with E-state index in [0.29, 0.717) is 47.7 Å². The van der Waals surface area contributed by atoms with Crippen LogP contribution in [0.3, 0.4) is 0 Å². The molecule has 0 bridgehead atoms. The second-order valence-electron chi connectivity index (χ2n) is 6.20. The number of urea groups is 1. The number of piperazine rings is 1. The van der Waals surface area contributed by atoms with Crippen LogP contribution in [0.4, 0.5) is 16.2 Å². The Bertz CT molecular complexity index is 805. The van der Waals surface area contributed by atoms with Gasteiger partial charge in [0.05, 0.1) is 23.5 Å². The molecule has 1 N–H and O–H groups in total. The Balaban J connectivity index is 1.64. The van der Waals surface area contributed by atoms with Crippen molar-refractivity contribution in [1.82, 2.24) is 4.90 Å². The normalized spacial score (nSPS) is 14.3. The monoisotopic (exact) mass is 393 g/mol. The average Bonchev–Trinajstić information content (AvgIpc) is 2.64.